The predicted molar refractivity (Wildman–Crippen MR) is 126 cm³/mol. The van der Waals surface area contributed by atoms with Gasteiger partial charge < -0.3 is 9.47 Å². The van der Waals surface area contributed by atoms with Gasteiger partial charge in [-0.15, -0.1) is 0 Å². The van der Waals surface area contributed by atoms with Gasteiger partial charge in [0.1, 0.15) is 5.82 Å². The fraction of sp³-hybridized carbons (Fsp3) is 0.259. The molecule has 3 aromatic carbocycles. The molecule has 1 aliphatic heterocycles. The number of anilines is 1. The van der Waals surface area contributed by atoms with Crippen LogP contribution in [-0.4, -0.2) is 22.0 Å². The first-order chi connectivity index (χ1) is 15.0. The summed E-state index contributed by atoms with van der Waals surface area (Å²) in [6.45, 7) is 7.03. The molecule has 1 aliphatic rings. The van der Waals surface area contributed by atoms with Gasteiger partial charge >= 0.3 is 0 Å². The van der Waals surface area contributed by atoms with Crippen molar-refractivity contribution in [2.75, 3.05) is 11.4 Å². The van der Waals surface area contributed by atoms with Crippen LogP contribution in [0.5, 0.6) is 0 Å². The topological polar surface area (TPSA) is 38.1 Å². The van der Waals surface area contributed by atoms with Crippen LogP contribution in [0.15, 0.2) is 72.8 Å². The number of fused-ring (bicyclic) bond motifs is 1. The molecule has 2 unspecified atom stereocenters. The lowest BCUT2D eigenvalue weighted by atomic mass is 10.0. The number of aromatic nitrogens is 2. The zero-order chi connectivity index (χ0) is 21.5. The van der Waals surface area contributed by atoms with Crippen molar-refractivity contribution >= 4 is 22.6 Å². The molecule has 0 aliphatic carbocycles. The summed E-state index contributed by atoms with van der Waals surface area (Å²) in [7, 11) is 0. The Morgan fingerprint density at radius 3 is 2.35 bits per heavy atom. The van der Waals surface area contributed by atoms with Gasteiger partial charge in [0.25, 0.3) is 0 Å². The smallest absolute Gasteiger partial charge is 0.227 e. The van der Waals surface area contributed by atoms with Gasteiger partial charge in [-0.2, -0.15) is 0 Å². The van der Waals surface area contributed by atoms with Crippen molar-refractivity contribution in [3.05, 3.63) is 95.3 Å². The third-order valence-corrected chi connectivity index (χ3v) is 6.30. The quantitative estimate of drug-likeness (QED) is 0.428. The van der Waals surface area contributed by atoms with Crippen molar-refractivity contribution in [1.82, 2.24) is 9.55 Å². The van der Waals surface area contributed by atoms with Crippen LogP contribution in [0.3, 0.4) is 0 Å². The van der Waals surface area contributed by atoms with Crippen molar-refractivity contribution in [1.29, 1.82) is 0 Å². The van der Waals surface area contributed by atoms with Crippen molar-refractivity contribution in [2.45, 2.75) is 39.2 Å². The second kappa shape index (κ2) is 7.69. The highest BCUT2D eigenvalue weighted by Gasteiger charge is 2.35. The lowest BCUT2D eigenvalue weighted by molar-refractivity contribution is -0.117. The van der Waals surface area contributed by atoms with Crippen LogP contribution in [0.4, 0.5) is 5.69 Å². The summed E-state index contributed by atoms with van der Waals surface area (Å²) in [5, 5.41) is 0. The number of carbonyl (C=O) groups excluding carboxylic acids is 1. The summed E-state index contributed by atoms with van der Waals surface area (Å²) in [6, 6.07) is 25.3. The number of amides is 1. The van der Waals surface area contributed by atoms with Crippen LogP contribution in [-0.2, 0) is 4.79 Å². The molecule has 1 saturated heterocycles. The van der Waals surface area contributed by atoms with Crippen molar-refractivity contribution in [3.63, 3.8) is 0 Å². The maximum Gasteiger partial charge on any atom is 0.227 e. The minimum atomic E-state index is 0.0619. The highest BCUT2D eigenvalue weighted by Crippen LogP contribution is 2.36. The number of nitrogens with zero attached hydrogens (tertiary/aromatic N) is 3. The molecule has 2 heterocycles. The Kier molecular flexibility index (Phi) is 4.85. The average Bonchev–Trinajstić information content (AvgIpc) is 3.34. The molecule has 0 N–H and O–H groups in total. The summed E-state index contributed by atoms with van der Waals surface area (Å²) in [6.07, 6.45) is 0.484. The summed E-state index contributed by atoms with van der Waals surface area (Å²) in [4.78, 5) is 20.0. The van der Waals surface area contributed by atoms with E-state index in [-0.39, 0.29) is 17.9 Å². The molecular formula is C27H27N3O. The van der Waals surface area contributed by atoms with Crippen LogP contribution in [0, 0.1) is 13.8 Å². The van der Waals surface area contributed by atoms with E-state index < -0.39 is 0 Å². The molecule has 0 saturated carbocycles. The lowest BCUT2D eigenvalue weighted by Gasteiger charge is -2.21. The van der Waals surface area contributed by atoms with Crippen LogP contribution >= 0.6 is 0 Å². The summed E-state index contributed by atoms with van der Waals surface area (Å²) in [5.41, 5.74) is 6.68. The van der Waals surface area contributed by atoms with E-state index in [1.807, 2.05) is 17.0 Å². The van der Waals surface area contributed by atoms with Gasteiger partial charge in [0.2, 0.25) is 5.91 Å². The number of imidazole rings is 1. The number of carbonyl (C=O) groups is 1. The van der Waals surface area contributed by atoms with E-state index in [4.69, 9.17) is 4.98 Å². The monoisotopic (exact) mass is 409 g/mol. The largest absolute Gasteiger partial charge is 0.320 e. The fourth-order valence-electron chi connectivity index (χ4n) is 4.88. The molecule has 31 heavy (non-hydrogen) atoms. The molecule has 0 bridgehead atoms. The lowest BCUT2D eigenvalue weighted by Crippen LogP contribution is -2.25. The van der Waals surface area contributed by atoms with Crippen molar-refractivity contribution in [3.8, 4) is 0 Å². The van der Waals surface area contributed by atoms with Gasteiger partial charge in [-0.25, -0.2) is 4.98 Å². The van der Waals surface area contributed by atoms with E-state index in [1.165, 1.54) is 16.7 Å². The first kappa shape index (κ1) is 19.6. The molecule has 156 valence electrons. The zero-order valence-electron chi connectivity index (χ0n) is 18.2. The van der Waals surface area contributed by atoms with E-state index in [0.717, 1.165) is 22.5 Å². The summed E-state index contributed by atoms with van der Waals surface area (Å²) < 4.78 is 2.33. The second-order valence-corrected chi connectivity index (χ2v) is 8.67. The summed E-state index contributed by atoms with van der Waals surface area (Å²) >= 11 is 0. The zero-order valence-corrected chi connectivity index (χ0v) is 18.2. The predicted octanol–water partition coefficient (Wildman–Crippen LogP) is 5.78. The number of hydrogen-bond donors (Lipinski definition) is 0. The number of aryl methyl sites for hydroxylation is 2. The molecule has 1 aromatic heterocycles. The average molecular weight is 410 g/mol. The molecule has 5 rings (SSSR count). The Morgan fingerprint density at radius 1 is 0.935 bits per heavy atom. The standard InChI is InChI=1S/C27H27N3O/c1-18-13-19(2)15-23(14-18)29-17-22(16-26(29)31)27-28-24-11-7-8-12-25(24)30(27)20(3)21-9-5-4-6-10-21/h4-15,20,22H,16-17H2,1-3H3. The molecule has 2 atom stereocenters. The van der Waals surface area contributed by atoms with Gasteiger partial charge in [0, 0.05) is 24.6 Å². The van der Waals surface area contributed by atoms with Crippen LogP contribution in [0.1, 0.15) is 47.8 Å². The number of hydrogen-bond acceptors (Lipinski definition) is 2. The maximum atomic E-state index is 13.0. The molecule has 4 aromatic rings. The first-order valence-corrected chi connectivity index (χ1v) is 10.9. The van der Waals surface area contributed by atoms with Crippen LogP contribution in [0.2, 0.25) is 0 Å². The van der Waals surface area contributed by atoms with Gasteiger partial charge in [-0.3, -0.25) is 4.79 Å². The minimum Gasteiger partial charge on any atom is -0.320 e. The highest BCUT2D eigenvalue weighted by molar-refractivity contribution is 5.96. The van der Waals surface area contributed by atoms with E-state index >= 15 is 0 Å². The Labute approximate surface area is 183 Å². The van der Waals surface area contributed by atoms with E-state index in [9.17, 15) is 4.79 Å². The third-order valence-electron chi connectivity index (χ3n) is 6.30. The number of rotatable bonds is 4. The van der Waals surface area contributed by atoms with Gasteiger partial charge in [-0.05, 0) is 61.7 Å². The van der Waals surface area contributed by atoms with Gasteiger partial charge in [0.15, 0.2) is 0 Å². The van der Waals surface area contributed by atoms with Crippen LogP contribution in [0.25, 0.3) is 11.0 Å². The summed E-state index contributed by atoms with van der Waals surface area (Å²) in [5.74, 6) is 1.23. The number of benzene rings is 3. The highest BCUT2D eigenvalue weighted by atomic mass is 16.2. The first-order valence-electron chi connectivity index (χ1n) is 10.9. The van der Waals surface area contributed by atoms with E-state index in [2.05, 4.69) is 86.0 Å². The SMILES string of the molecule is Cc1cc(C)cc(N2CC(c3nc4ccccc4n3C(C)c3ccccc3)CC2=O)c1. The Hall–Kier alpha value is -3.40. The van der Waals surface area contributed by atoms with Gasteiger partial charge in [0.05, 0.1) is 17.1 Å². The van der Waals surface area contributed by atoms with E-state index in [0.29, 0.717) is 13.0 Å². The molecule has 1 fully saturated rings. The molecule has 0 spiro atoms. The van der Waals surface area contributed by atoms with Crippen molar-refractivity contribution < 1.29 is 4.79 Å². The molecule has 0 radical (unpaired) electrons. The number of para-hydroxylation sites is 2. The Balaban J connectivity index is 1.57. The van der Waals surface area contributed by atoms with Gasteiger partial charge in [-0.1, -0.05) is 48.5 Å². The van der Waals surface area contributed by atoms with E-state index in [1.54, 1.807) is 0 Å². The Bertz CT molecular complexity index is 1240. The second-order valence-electron chi connectivity index (χ2n) is 8.67. The van der Waals surface area contributed by atoms with Crippen molar-refractivity contribution in [2.24, 2.45) is 0 Å². The molecule has 1 amide bonds. The Morgan fingerprint density at radius 2 is 1.61 bits per heavy atom. The fourth-order valence-corrected chi connectivity index (χ4v) is 4.88. The third kappa shape index (κ3) is 3.52. The van der Waals surface area contributed by atoms with Crippen LogP contribution < -0.4 is 4.90 Å². The molecular weight excluding hydrogens is 382 g/mol. The minimum absolute atomic E-state index is 0.0619. The molecule has 4 nitrogen and oxygen atoms in total. The maximum absolute atomic E-state index is 13.0. The normalized spacial score (nSPS) is 17.5. The molecule has 4 heteroatoms.